The Labute approximate surface area is 127 Å². The number of anilines is 2. The fourth-order valence-corrected chi connectivity index (χ4v) is 1.84. The molecule has 0 aromatic heterocycles. The molecule has 116 valence electrons. The first kappa shape index (κ1) is 15.8. The van der Waals surface area contributed by atoms with E-state index >= 15 is 0 Å². The standard InChI is InChI=1S/C16H16F2N2O2/c1-2-11-3-5-12(6-4-11)19-16(21)20-13-7-9-14(10-8-13)22-15(17)18/h3-10,15H,2H2,1H3,(H2,19,20,21). The van der Waals surface area contributed by atoms with Gasteiger partial charge in [-0.05, 0) is 48.4 Å². The Morgan fingerprint density at radius 2 is 1.50 bits per heavy atom. The van der Waals surface area contributed by atoms with E-state index in [1.807, 2.05) is 24.3 Å². The molecule has 2 amide bonds. The Hall–Kier alpha value is -2.63. The van der Waals surface area contributed by atoms with E-state index in [1.54, 1.807) is 0 Å². The summed E-state index contributed by atoms with van der Waals surface area (Å²) in [5.74, 6) is 0.0381. The van der Waals surface area contributed by atoms with Gasteiger partial charge >= 0.3 is 12.6 Å². The second-order valence-corrected chi connectivity index (χ2v) is 4.53. The van der Waals surface area contributed by atoms with E-state index in [0.717, 1.165) is 6.42 Å². The van der Waals surface area contributed by atoms with Crippen molar-refractivity contribution in [1.29, 1.82) is 0 Å². The Bertz CT molecular complexity index is 613. The first-order valence-electron chi connectivity index (χ1n) is 6.78. The summed E-state index contributed by atoms with van der Waals surface area (Å²) in [5.41, 5.74) is 2.33. The van der Waals surface area contributed by atoms with Gasteiger partial charge in [-0.15, -0.1) is 0 Å². The van der Waals surface area contributed by atoms with Gasteiger partial charge in [0.2, 0.25) is 0 Å². The molecule has 2 rings (SSSR count). The number of urea groups is 1. The number of alkyl halides is 2. The first-order valence-corrected chi connectivity index (χ1v) is 6.78. The average Bonchev–Trinajstić information content (AvgIpc) is 2.49. The Morgan fingerprint density at radius 3 is 1.95 bits per heavy atom. The molecular formula is C16H16F2N2O2. The second kappa shape index (κ2) is 7.40. The molecule has 0 atom stereocenters. The Balaban J connectivity index is 1.90. The summed E-state index contributed by atoms with van der Waals surface area (Å²) in [4.78, 5) is 11.8. The zero-order valence-corrected chi connectivity index (χ0v) is 12.0. The van der Waals surface area contributed by atoms with Crippen molar-refractivity contribution in [2.45, 2.75) is 20.0 Å². The molecule has 0 heterocycles. The van der Waals surface area contributed by atoms with Crippen molar-refractivity contribution in [2.24, 2.45) is 0 Å². The largest absolute Gasteiger partial charge is 0.435 e. The van der Waals surface area contributed by atoms with Gasteiger partial charge in [-0.2, -0.15) is 8.78 Å². The van der Waals surface area contributed by atoms with Gasteiger partial charge in [0.1, 0.15) is 5.75 Å². The summed E-state index contributed by atoms with van der Waals surface area (Å²) in [6.45, 7) is -0.815. The molecule has 6 heteroatoms. The van der Waals surface area contributed by atoms with E-state index in [0.29, 0.717) is 11.4 Å². The molecule has 4 nitrogen and oxygen atoms in total. The van der Waals surface area contributed by atoms with Crippen LogP contribution in [0, 0.1) is 0 Å². The molecule has 0 unspecified atom stereocenters. The predicted molar refractivity (Wildman–Crippen MR) is 81.5 cm³/mol. The van der Waals surface area contributed by atoms with Crippen LogP contribution in [-0.2, 0) is 6.42 Å². The van der Waals surface area contributed by atoms with Gasteiger partial charge in [0.15, 0.2) is 0 Å². The number of amides is 2. The van der Waals surface area contributed by atoms with Crippen LogP contribution in [0.2, 0.25) is 0 Å². The molecule has 0 spiro atoms. The van der Waals surface area contributed by atoms with Crippen molar-refractivity contribution in [3.05, 3.63) is 54.1 Å². The summed E-state index contributed by atoms with van der Waals surface area (Å²) in [6.07, 6.45) is 0.930. The normalized spacial score (nSPS) is 10.4. The van der Waals surface area contributed by atoms with Gasteiger partial charge in [0, 0.05) is 11.4 Å². The van der Waals surface area contributed by atoms with Crippen molar-refractivity contribution in [3.8, 4) is 5.75 Å². The lowest BCUT2D eigenvalue weighted by atomic mass is 10.1. The molecule has 0 radical (unpaired) electrons. The highest BCUT2D eigenvalue weighted by molar-refractivity contribution is 5.99. The first-order chi connectivity index (χ1) is 10.6. The highest BCUT2D eigenvalue weighted by Crippen LogP contribution is 2.18. The molecule has 0 fully saturated rings. The van der Waals surface area contributed by atoms with Crippen molar-refractivity contribution >= 4 is 17.4 Å². The predicted octanol–water partition coefficient (Wildman–Crippen LogP) is 4.49. The Morgan fingerprint density at radius 1 is 1.00 bits per heavy atom. The number of carbonyl (C=O) groups excluding carboxylic acids is 1. The maximum absolute atomic E-state index is 12.0. The van der Waals surface area contributed by atoms with Crippen LogP contribution in [-0.4, -0.2) is 12.6 Å². The molecule has 0 aliphatic heterocycles. The van der Waals surface area contributed by atoms with E-state index in [-0.39, 0.29) is 5.75 Å². The monoisotopic (exact) mass is 306 g/mol. The average molecular weight is 306 g/mol. The fraction of sp³-hybridized carbons (Fsp3) is 0.188. The van der Waals surface area contributed by atoms with E-state index in [1.165, 1.54) is 29.8 Å². The van der Waals surface area contributed by atoms with E-state index < -0.39 is 12.6 Å². The summed E-state index contributed by atoms with van der Waals surface area (Å²) in [7, 11) is 0. The van der Waals surface area contributed by atoms with Gasteiger partial charge in [0.25, 0.3) is 0 Å². The smallest absolute Gasteiger partial charge is 0.387 e. The molecule has 0 bridgehead atoms. The lowest BCUT2D eigenvalue weighted by Crippen LogP contribution is -2.19. The van der Waals surface area contributed by atoms with Crippen molar-refractivity contribution in [2.75, 3.05) is 10.6 Å². The molecule has 0 aliphatic rings. The van der Waals surface area contributed by atoms with Crippen LogP contribution in [0.3, 0.4) is 0 Å². The van der Waals surface area contributed by atoms with Crippen molar-refractivity contribution in [3.63, 3.8) is 0 Å². The maximum atomic E-state index is 12.0. The third kappa shape index (κ3) is 4.73. The summed E-state index contributed by atoms with van der Waals surface area (Å²) in [5, 5.41) is 5.29. The number of hydrogen-bond acceptors (Lipinski definition) is 2. The zero-order chi connectivity index (χ0) is 15.9. The minimum Gasteiger partial charge on any atom is -0.435 e. The lowest BCUT2D eigenvalue weighted by Gasteiger charge is -2.09. The minimum absolute atomic E-state index is 0.0381. The van der Waals surface area contributed by atoms with Crippen LogP contribution in [0.4, 0.5) is 25.0 Å². The SMILES string of the molecule is CCc1ccc(NC(=O)Nc2ccc(OC(F)F)cc2)cc1. The van der Waals surface area contributed by atoms with Crippen LogP contribution in [0.1, 0.15) is 12.5 Å². The fourth-order valence-electron chi connectivity index (χ4n) is 1.84. The molecular weight excluding hydrogens is 290 g/mol. The maximum Gasteiger partial charge on any atom is 0.387 e. The number of carbonyl (C=O) groups is 1. The van der Waals surface area contributed by atoms with E-state index in [4.69, 9.17) is 0 Å². The van der Waals surface area contributed by atoms with Gasteiger partial charge in [-0.1, -0.05) is 19.1 Å². The number of ether oxygens (including phenoxy) is 1. The molecule has 0 saturated heterocycles. The Kier molecular flexibility index (Phi) is 5.30. The minimum atomic E-state index is -2.87. The van der Waals surface area contributed by atoms with Crippen LogP contribution >= 0.6 is 0 Å². The lowest BCUT2D eigenvalue weighted by molar-refractivity contribution is -0.0498. The van der Waals surface area contributed by atoms with Crippen molar-refractivity contribution < 1.29 is 18.3 Å². The highest BCUT2D eigenvalue weighted by Gasteiger charge is 2.05. The quantitative estimate of drug-likeness (QED) is 0.855. The van der Waals surface area contributed by atoms with Gasteiger partial charge in [-0.25, -0.2) is 4.79 Å². The van der Waals surface area contributed by atoms with Crippen LogP contribution in [0.25, 0.3) is 0 Å². The molecule has 2 N–H and O–H groups in total. The molecule has 0 aliphatic carbocycles. The number of benzene rings is 2. The summed E-state index contributed by atoms with van der Waals surface area (Å²) >= 11 is 0. The molecule has 2 aromatic rings. The number of nitrogens with one attached hydrogen (secondary N) is 2. The third-order valence-electron chi connectivity index (χ3n) is 2.96. The van der Waals surface area contributed by atoms with Gasteiger partial charge in [-0.3, -0.25) is 0 Å². The van der Waals surface area contributed by atoms with Crippen LogP contribution < -0.4 is 15.4 Å². The second-order valence-electron chi connectivity index (χ2n) is 4.53. The summed E-state index contributed by atoms with van der Waals surface area (Å²) in [6, 6.07) is 12.8. The summed E-state index contributed by atoms with van der Waals surface area (Å²) < 4.78 is 28.3. The van der Waals surface area contributed by atoms with Crippen LogP contribution in [0.5, 0.6) is 5.75 Å². The third-order valence-corrected chi connectivity index (χ3v) is 2.96. The van der Waals surface area contributed by atoms with Gasteiger partial charge < -0.3 is 15.4 Å². The van der Waals surface area contributed by atoms with Crippen LogP contribution in [0.15, 0.2) is 48.5 Å². The highest BCUT2D eigenvalue weighted by atomic mass is 19.3. The molecule has 0 saturated carbocycles. The number of halogens is 2. The topological polar surface area (TPSA) is 50.4 Å². The number of hydrogen-bond donors (Lipinski definition) is 2. The van der Waals surface area contributed by atoms with Crippen molar-refractivity contribution in [1.82, 2.24) is 0 Å². The molecule has 22 heavy (non-hydrogen) atoms. The van der Waals surface area contributed by atoms with E-state index in [9.17, 15) is 13.6 Å². The van der Waals surface area contributed by atoms with Gasteiger partial charge in [0.05, 0.1) is 0 Å². The zero-order valence-electron chi connectivity index (χ0n) is 12.0. The van der Waals surface area contributed by atoms with E-state index in [2.05, 4.69) is 22.3 Å². The number of rotatable bonds is 5. The molecule has 2 aromatic carbocycles. The number of aryl methyl sites for hydroxylation is 1.